The third-order valence-electron chi connectivity index (χ3n) is 9.11. The van der Waals surface area contributed by atoms with Gasteiger partial charge in [0.15, 0.2) is 23.3 Å². The number of aliphatic carboxylic acids is 1. The summed E-state index contributed by atoms with van der Waals surface area (Å²) >= 11 is 6.30. The van der Waals surface area contributed by atoms with Gasteiger partial charge >= 0.3 is 5.97 Å². The molecule has 0 radical (unpaired) electrons. The topological polar surface area (TPSA) is 104 Å². The number of aromatic hydroxyl groups is 2. The van der Waals surface area contributed by atoms with E-state index >= 15 is 0 Å². The van der Waals surface area contributed by atoms with Crippen molar-refractivity contribution < 1.29 is 29.6 Å². The second kappa shape index (κ2) is 11.5. The van der Waals surface area contributed by atoms with Gasteiger partial charge in [-0.3, -0.25) is 14.3 Å². The summed E-state index contributed by atoms with van der Waals surface area (Å²) in [6.45, 7) is 2.25. The first-order valence-corrected chi connectivity index (χ1v) is 14.9. The number of hydrogen-bond acceptors (Lipinski definition) is 6. The molecule has 0 amide bonds. The molecule has 218 valence electrons. The van der Waals surface area contributed by atoms with Gasteiger partial charge in [0.05, 0.1) is 19.6 Å². The molecule has 1 aromatic heterocycles. The second-order valence-corrected chi connectivity index (χ2v) is 12.1. The number of carbonyl (C=O) groups is 1. The summed E-state index contributed by atoms with van der Waals surface area (Å²) in [4.78, 5) is 14.0. The Morgan fingerprint density at radius 2 is 1.78 bits per heavy atom. The van der Waals surface area contributed by atoms with E-state index in [1.807, 2.05) is 18.2 Å². The summed E-state index contributed by atoms with van der Waals surface area (Å²) in [6.07, 6.45) is 6.02. The van der Waals surface area contributed by atoms with Gasteiger partial charge in [-0.15, -0.1) is 0 Å². The molecule has 3 aromatic rings. The quantitative estimate of drug-likeness (QED) is 0.202. The first-order chi connectivity index (χ1) is 19.8. The van der Waals surface area contributed by atoms with Crippen LogP contribution in [0.1, 0.15) is 66.0 Å². The van der Waals surface area contributed by atoms with E-state index in [2.05, 4.69) is 23.1 Å². The minimum Gasteiger partial charge on any atom is -0.494 e. The third-order valence-corrected chi connectivity index (χ3v) is 9.35. The largest absolute Gasteiger partial charge is 0.494 e. The Bertz CT molecular complexity index is 1420. The lowest BCUT2D eigenvalue weighted by Gasteiger charge is -2.35. The van der Waals surface area contributed by atoms with E-state index in [9.17, 15) is 20.1 Å². The maximum atomic E-state index is 11.5. The van der Waals surface area contributed by atoms with Crippen molar-refractivity contribution in [3.05, 3.63) is 69.2 Å². The van der Waals surface area contributed by atoms with E-state index in [1.54, 1.807) is 7.11 Å². The predicted molar refractivity (Wildman–Crippen MR) is 155 cm³/mol. The van der Waals surface area contributed by atoms with Crippen LogP contribution in [-0.2, 0) is 30.7 Å². The van der Waals surface area contributed by atoms with E-state index in [0.717, 1.165) is 73.3 Å². The van der Waals surface area contributed by atoms with Crippen LogP contribution in [0, 0.1) is 11.8 Å². The molecule has 0 bridgehead atoms. The van der Waals surface area contributed by atoms with Gasteiger partial charge in [0.1, 0.15) is 6.61 Å². The van der Waals surface area contributed by atoms with Crippen LogP contribution in [0.15, 0.2) is 36.4 Å². The third kappa shape index (κ3) is 5.72. The van der Waals surface area contributed by atoms with Crippen molar-refractivity contribution in [2.75, 3.05) is 20.3 Å². The lowest BCUT2D eigenvalue weighted by atomic mass is 9.81. The lowest BCUT2D eigenvalue weighted by Crippen LogP contribution is -2.34. The Hall–Kier alpha value is -3.36. The van der Waals surface area contributed by atoms with Crippen LogP contribution in [0.2, 0.25) is 5.02 Å². The fourth-order valence-corrected chi connectivity index (χ4v) is 6.97. The number of hydrogen-bond donors (Lipinski definition) is 3. The van der Waals surface area contributed by atoms with Gasteiger partial charge < -0.3 is 24.8 Å². The number of fused-ring (bicyclic) bond motifs is 2. The number of aromatic nitrogens is 1. The second-order valence-electron chi connectivity index (χ2n) is 11.6. The van der Waals surface area contributed by atoms with Gasteiger partial charge in [0, 0.05) is 41.7 Å². The van der Waals surface area contributed by atoms with Crippen LogP contribution in [0.5, 0.6) is 23.3 Å². The van der Waals surface area contributed by atoms with Gasteiger partial charge in [-0.1, -0.05) is 23.7 Å². The molecule has 3 aliphatic carbocycles. The maximum absolute atomic E-state index is 11.5. The Morgan fingerprint density at radius 3 is 2.49 bits per heavy atom. The molecular weight excluding hydrogens is 544 g/mol. The minimum absolute atomic E-state index is 0.121. The number of methoxy groups -OCH3 is 1. The summed E-state index contributed by atoms with van der Waals surface area (Å²) in [5, 5.41) is 30.6. The highest BCUT2D eigenvalue weighted by Gasteiger charge is 2.34. The molecule has 41 heavy (non-hydrogen) atoms. The number of rotatable bonds is 11. The molecule has 2 aromatic carbocycles. The number of ether oxygens (including phenoxy) is 2. The summed E-state index contributed by atoms with van der Waals surface area (Å²) in [7, 11) is 1.63. The molecule has 0 unspecified atom stereocenters. The molecule has 0 spiro atoms. The van der Waals surface area contributed by atoms with E-state index in [-0.39, 0.29) is 30.3 Å². The molecule has 3 aliphatic rings. The Morgan fingerprint density at radius 1 is 1.02 bits per heavy atom. The zero-order valence-electron chi connectivity index (χ0n) is 23.3. The molecule has 9 heteroatoms. The lowest BCUT2D eigenvalue weighted by molar-refractivity contribution is -0.143. The highest BCUT2D eigenvalue weighted by Crippen LogP contribution is 2.46. The predicted octanol–water partition coefficient (Wildman–Crippen LogP) is 5.93. The first-order valence-electron chi connectivity index (χ1n) is 14.5. The van der Waals surface area contributed by atoms with Crippen LogP contribution >= 0.6 is 11.6 Å². The Labute approximate surface area is 245 Å². The van der Waals surface area contributed by atoms with Crippen LogP contribution in [-0.4, -0.2) is 51.0 Å². The van der Waals surface area contributed by atoms with Gasteiger partial charge in [0.2, 0.25) is 0 Å². The normalized spacial score (nSPS) is 21.0. The van der Waals surface area contributed by atoms with Crippen LogP contribution < -0.4 is 9.47 Å². The molecular formula is C32H37ClN2O6. The Balaban J connectivity index is 1.16. The molecule has 0 saturated heterocycles. The van der Waals surface area contributed by atoms with E-state index in [4.69, 9.17) is 21.1 Å². The van der Waals surface area contributed by atoms with Crippen molar-refractivity contribution in [1.29, 1.82) is 0 Å². The molecule has 3 N–H and O–H groups in total. The van der Waals surface area contributed by atoms with Crippen LogP contribution in [0.25, 0.3) is 0 Å². The SMILES string of the molecule is COc1cc(CN(CC2CCC(C(=O)O)CC2)[C@H]2CCc3cc(Cl)ccc32)ccc1OCCn1c(O)c2c(c1O)C2. The van der Waals surface area contributed by atoms with Crippen LogP contribution in [0.4, 0.5) is 0 Å². The molecule has 6 rings (SSSR count). The molecule has 1 fully saturated rings. The summed E-state index contributed by atoms with van der Waals surface area (Å²) in [5.74, 6) is 1.06. The summed E-state index contributed by atoms with van der Waals surface area (Å²) < 4.78 is 13.2. The van der Waals surface area contributed by atoms with Gasteiger partial charge in [-0.05, 0) is 85.4 Å². The van der Waals surface area contributed by atoms with E-state index in [0.29, 0.717) is 30.4 Å². The van der Waals surface area contributed by atoms with Gasteiger partial charge in [0.25, 0.3) is 0 Å². The van der Waals surface area contributed by atoms with Crippen molar-refractivity contribution in [3.8, 4) is 23.3 Å². The van der Waals surface area contributed by atoms with Crippen LogP contribution in [0.3, 0.4) is 0 Å². The van der Waals surface area contributed by atoms with Crippen molar-refractivity contribution in [3.63, 3.8) is 0 Å². The molecule has 1 atom stereocenters. The standard InChI is InChI=1S/C32H37ClN2O6/c1-40-29-14-20(4-11-28(29)41-13-12-35-30(36)25-16-26(25)31(35)37)18-34(17-19-2-5-21(6-3-19)32(38)39)27-10-7-22-15-23(33)8-9-24(22)27/h4,8-9,11,14-15,19,21,27,36-37H,2-3,5-7,10,12-13,16-18H2,1H3,(H,38,39)/t19?,21?,27-/m0/s1. The monoisotopic (exact) mass is 580 g/mol. The molecule has 1 saturated carbocycles. The van der Waals surface area contributed by atoms with Gasteiger partial charge in [-0.2, -0.15) is 0 Å². The van der Waals surface area contributed by atoms with E-state index in [1.165, 1.54) is 15.7 Å². The average Bonchev–Trinajstić information content (AvgIpc) is 3.61. The fraction of sp³-hybridized carbons (Fsp3) is 0.469. The number of benzene rings is 2. The highest BCUT2D eigenvalue weighted by atomic mass is 35.5. The summed E-state index contributed by atoms with van der Waals surface area (Å²) in [5.41, 5.74) is 5.38. The average molecular weight is 581 g/mol. The minimum atomic E-state index is -0.670. The molecule has 0 aliphatic heterocycles. The van der Waals surface area contributed by atoms with Crippen molar-refractivity contribution >= 4 is 17.6 Å². The van der Waals surface area contributed by atoms with Crippen molar-refractivity contribution in [2.24, 2.45) is 11.8 Å². The number of nitrogens with zero attached hydrogens (tertiary/aromatic N) is 2. The molecule has 1 heterocycles. The van der Waals surface area contributed by atoms with Crippen molar-refractivity contribution in [2.45, 2.75) is 64.1 Å². The fourth-order valence-electron chi connectivity index (χ4n) is 6.78. The smallest absolute Gasteiger partial charge is 0.306 e. The number of aryl methyl sites for hydroxylation is 1. The number of halogens is 1. The number of carboxylic acid groups (broad SMARTS) is 1. The van der Waals surface area contributed by atoms with E-state index < -0.39 is 5.97 Å². The molecule has 8 nitrogen and oxygen atoms in total. The van der Waals surface area contributed by atoms with Gasteiger partial charge in [-0.25, -0.2) is 0 Å². The first kappa shape index (κ1) is 27.8. The maximum Gasteiger partial charge on any atom is 0.306 e. The summed E-state index contributed by atoms with van der Waals surface area (Å²) in [6, 6.07) is 12.5. The zero-order chi connectivity index (χ0) is 28.7. The zero-order valence-corrected chi connectivity index (χ0v) is 24.1. The Kier molecular flexibility index (Phi) is 7.79. The number of carboxylic acids is 1. The highest BCUT2D eigenvalue weighted by molar-refractivity contribution is 6.30. The van der Waals surface area contributed by atoms with Crippen molar-refractivity contribution in [1.82, 2.24) is 9.47 Å².